The Bertz CT molecular complexity index is 454. The molecule has 0 aromatic heterocycles. The highest BCUT2D eigenvalue weighted by molar-refractivity contribution is 5.36. The quantitative estimate of drug-likeness (QED) is 0.636. The molecular formula is C15H23N3O2. The number of nitrogens with one attached hydrogen (secondary N) is 1. The van der Waals surface area contributed by atoms with Gasteiger partial charge >= 0.3 is 0 Å². The van der Waals surface area contributed by atoms with Gasteiger partial charge in [-0.3, -0.25) is 16.2 Å². The largest absolute Gasteiger partial charge is 0.496 e. The lowest BCUT2D eigenvalue weighted by molar-refractivity contribution is -0.0655. The average molecular weight is 277 g/mol. The van der Waals surface area contributed by atoms with Crippen molar-refractivity contribution in [1.29, 1.82) is 0 Å². The van der Waals surface area contributed by atoms with Gasteiger partial charge in [0, 0.05) is 18.2 Å². The van der Waals surface area contributed by atoms with Crippen molar-refractivity contribution in [3.05, 3.63) is 29.8 Å². The minimum Gasteiger partial charge on any atom is -0.496 e. The molecular weight excluding hydrogens is 254 g/mol. The summed E-state index contributed by atoms with van der Waals surface area (Å²) in [5.74, 6) is 6.64. The van der Waals surface area contributed by atoms with Crippen molar-refractivity contribution >= 4 is 0 Å². The fourth-order valence-corrected chi connectivity index (χ4v) is 3.37. The average Bonchev–Trinajstić information content (AvgIpc) is 2.96. The van der Waals surface area contributed by atoms with Crippen LogP contribution in [0.25, 0.3) is 0 Å². The number of nitrogens with zero attached hydrogens (tertiary/aromatic N) is 1. The minimum absolute atomic E-state index is 0.0484. The van der Waals surface area contributed by atoms with Crippen LogP contribution in [0.5, 0.6) is 5.75 Å². The Hall–Kier alpha value is -1.14. The van der Waals surface area contributed by atoms with E-state index in [1.54, 1.807) is 7.11 Å². The summed E-state index contributed by atoms with van der Waals surface area (Å²) in [4.78, 5) is 2.52. The van der Waals surface area contributed by atoms with Crippen molar-refractivity contribution in [3.8, 4) is 5.75 Å². The molecule has 2 saturated heterocycles. The molecule has 0 aliphatic carbocycles. The number of fused-ring (bicyclic) bond motifs is 1. The highest BCUT2D eigenvalue weighted by Crippen LogP contribution is 2.32. The number of nitrogens with two attached hydrogens (primary N) is 1. The summed E-state index contributed by atoms with van der Waals surface area (Å²) in [6, 6.07) is 8.52. The number of hydrazine groups is 1. The lowest BCUT2D eigenvalue weighted by Gasteiger charge is -2.39. The van der Waals surface area contributed by atoms with Gasteiger partial charge in [0.2, 0.25) is 0 Å². The third-order valence-corrected chi connectivity index (χ3v) is 4.44. The van der Waals surface area contributed by atoms with Gasteiger partial charge in [0.15, 0.2) is 0 Å². The summed E-state index contributed by atoms with van der Waals surface area (Å²) >= 11 is 0. The molecule has 20 heavy (non-hydrogen) atoms. The van der Waals surface area contributed by atoms with Crippen LogP contribution in [0, 0.1) is 0 Å². The zero-order valence-electron chi connectivity index (χ0n) is 11.9. The molecule has 110 valence electrons. The Morgan fingerprint density at radius 2 is 2.30 bits per heavy atom. The van der Waals surface area contributed by atoms with Crippen LogP contribution in [0.3, 0.4) is 0 Å². The van der Waals surface area contributed by atoms with Crippen LogP contribution in [0.15, 0.2) is 24.3 Å². The van der Waals surface area contributed by atoms with E-state index in [2.05, 4.69) is 10.3 Å². The molecule has 0 radical (unpaired) electrons. The van der Waals surface area contributed by atoms with Crippen molar-refractivity contribution < 1.29 is 9.47 Å². The number of morpholine rings is 1. The SMILES string of the molecule is COc1ccccc1C(NN)C1CN2CCCC2CO1. The molecule has 2 heterocycles. The molecule has 2 fully saturated rings. The Kier molecular flexibility index (Phi) is 4.21. The van der Waals surface area contributed by atoms with Crippen LogP contribution >= 0.6 is 0 Å². The van der Waals surface area contributed by atoms with Gasteiger partial charge in [-0.2, -0.15) is 0 Å². The highest BCUT2D eigenvalue weighted by atomic mass is 16.5. The van der Waals surface area contributed by atoms with Crippen molar-refractivity contribution in [3.63, 3.8) is 0 Å². The highest BCUT2D eigenvalue weighted by Gasteiger charge is 2.36. The molecule has 5 nitrogen and oxygen atoms in total. The number of benzene rings is 1. The number of methoxy groups -OCH3 is 1. The molecule has 3 atom stereocenters. The standard InChI is InChI=1S/C15H23N3O2/c1-19-13-7-3-2-6-12(13)15(17-16)14-9-18-8-4-5-11(18)10-20-14/h2-3,6-7,11,14-15,17H,4-5,8-10,16H2,1H3. The Labute approximate surface area is 120 Å². The lowest BCUT2D eigenvalue weighted by atomic mass is 9.99. The van der Waals surface area contributed by atoms with E-state index in [0.717, 1.165) is 24.5 Å². The first kappa shape index (κ1) is 13.8. The molecule has 0 saturated carbocycles. The maximum absolute atomic E-state index is 6.06. The van der Waals surface area contributed by atoms with E-state index >= 15 is 0 Å². The summed E-state index contributed by atoms with van der Waals surface area (Å²) in [5, 5.41) is 0. The van der Waals surface area contributed by atoms with E-state index in [9.17, 15) is 0 Å². The van der Waals surface area contributed by atoms with Crippen LogP contribution < -0.4 is 16.0 Å². The van der Waals surface area contributed by atoms with E-state index in [1.165, 1.54) is 19.4 Å². The van der Waals surface area contributed by atoms with Gasteiger partial charge in [-0.25, -0.2) is 0 Å². The molecule has 5 heteroatoms. The predicted octanol–water partition coefficient (Wildman–Crippen LogP) is 1.06. The molecule has 0 bridgehead atoms. The molecule has 2 aliphatic rings. The second kappa shape index (κ2) is 6.10. The van der Waals surface area contributed by atoms with Crippen molar-refractivity contribution in [1.82, 2.24) is 10.3 Å². The molecule has 0 amide bonds. The number of hydrogen-bond acceptors (Lipinski definition) is 5. The van der Waals surface area contributed by atoms with Gasteiger partial charge in [0.05, 0.1) is 25.9 Å². The van der Waals surface area contributed by atoms with Gasteiger partial charge in [-0.1, -0.05) is 18.2 Å². The van der Waals surface area contributed by atoms with Gasteiger partial charge in [-0.05, 0) is 25.5 Å². The summed E-state index contributed by atoms with van der Waals surface area (Å²) in [6.45, 7) is 2.91. The predicted molar refractivity (Wildman–Crippen MR) is 77.4 cm³/mol. The topological polar surface area (TPSA) is 59.8 Å². The van der Waals surface area contributed by atoms with E-state index < -0.39 is 0 Å². The summed E-state index contributed by atoms with van der Waals surface area (Å²) in [5.41, 5.74) is 3.97. The van der Waals surface area contributed by atoms with Crippen molar-refractivity contribution in [2.24, 2.45) is 5.84 Å². The summed E-state index contributed by atoms with van der Waals surface area (Å²) in [7, 11) is 1.69. The van der Waals surface area contributed by atoms with Crippen LogP contribution in [0.4, 0.5) is 0 Å². The summed E-state index contributed by atoms with van der Waals surface area (Å²) in [6.07, 6.45) is 2.59. The van der Waals surface area contributed by atoms with Crippen LogP contribution in [-0.4, -0.2) is 43.9 Å². The van der Waals surface area contributed by atoms with E-state index in [4.69, 9.17) is 15.3 Å². The first-order chi connectivity index (χ1) is 9.83. The number of rotatable bonds is 4. The van der Waals surface area contributed by atoms with E-state index in [-0.39, 0.29) is 12.1 Å². The molecule has 0 spiro atoms. The molecule has 3 rings (SSSR count). The van der Waals surface area contributed by atoms with Gasteiger partial charge < -0.3 is 9.47 Å². The number of hydrogen-bond donors (Lipinski definition) is 2. The van der Waals surface area contributed by atoms with Gasteiger partial charge in [-0.15, -0.1) is 0 Å². The zero-order chi connectivity index (χ0) is 13.9. The molecule has 1 aromatic rings. The Morgan fingerprint density at radius 1 is 1.45 bits per heavy atom. The van der Waals surface area contributed by atoms with E-state index in [0.29, 0.717) is 6.04 Å². The summed E-state index contributed by atoms with van der Waals surface area (Å²) < 4.78 is 11.5. The molecule has 3 N–H and O–H groups in total. The molecule has 1 aromatic carbocycles. The lowest BCUT2D eigenvalue weighted by Crippen LogP contribution is -2.51. The smallest absolute Gasteiger partial charge is 0.123 e. The first-order valence-electron chi connectivity index (χ1n) is 7.28. The molecule has 2 aliphatic heterocycles. The first-order valence-corrected chi connectivity index (χ1v) is 7.28. The van der Waals surface area contributed by atoms with Gasteiger partial charge in [0.1, 0.15) is 5.75 Å². The minimum atomic E-state index is -0.0484. The zero-order valence-corrected chi connectivity index (χ0v) is 11.9. The second-order valence-corrected chi connectivity index (χ2v) is 5.55. The third kappa shape index (κ3) is 2.54. The third-order valence-electron chi connectivity index (χ3n) is 4.44. The van der Waals surface area contributed by atoms with Crippen LogP contribution in [0.2, 0.25) is 0 Å². The fraction of sp³-hybridized carbons (Fsp3) is 0.600. The Morgan fingerprint density at radius 3 is 3.10 bits per heavy atom. The normalized spacial score (nSPS) is 28.1. The van der Waals surface area contributed by atoms with Crippen LogP contribution in [-0.2, 0) is 4.74 Å². The number of ether oxygens (including phenoxy) is 2. The number of para-hydroxylation sites is 1. The van der Waals surface area contributed by atoms with Gasteiger partial charge in [0.25, 0.3) is 0 Å². The monoisotopic (exact) mass is 277 g/mol. The molecule has 3 unspecified atom stereocenters. The van der Waals surface area contributed by atoms with E-state index in [1.807, 2.05) is 24.3 Å². The van der Waals surface area contributed by atoms with Crippen molar-refractivity contribution in [2.75, 3.05) is 26.8 Å². The fourth-order valence-electron chi connectivity index (χ4n) is 3.37. The van der Waals surface area contributed by atoms with Crippen molar-refractivity contribution in [2.45, 2.75) is 31.0 Å². The maximum Gasteiger partial charge on any atom is 0.123 e. The Balaban J connectivity index is 1.79. The second-order valence-electron chi connectivity index (χ2n) is 5.55. The maximum atomic E-state index is 6.06. The van der Waals surface area contributed by atoms with Crippen LogP contribution in [0.1, 0.15) is 24.4 Å².